The average molecular weight is 270 g/mol. The lowest BCUT2D eigenvalue weighted by atomic mass is 10.1. The van der Waals surface area contributed by atoms with E-state index in [0.29, 0.717) is 0 Å². The summed E-state index contributed by atoms with van der Waals surface area (Å²) in [6, 6.07) is 9.32. The number of rotatable bonds is 3. The van der Waals surface area contributed by atoms with Crippen LogP contribution in [0, 0.1) is 13.8 Å². The van der Waals surface area contributed by atoms with Crippen molar-refractivity contribution < 1.29 is 4.79 Å². The number of hydrazone groups is 1. The van der Waals surface area contributed by atoms with E-state index >= 15 is 0 Å². The van der Waals surface area contributed by atoms with Crippen molar-refractivity contribution in [3.63, 3.8) is 0 Å². The number of aryl methyl sites for hydroxylation is 3. The summed E-state index contributed by atoms with van der Waals surface area (Å²) in [4.78, 5) is 11.7. The van der Waals surface area contributed by atoms with Crippen LogP contribution in [0.4, 0.5) is 10.5 Å². The van der Waals surface area contributed by atoms with Crippen LogP contribution in [0.1, 0.15) is 16.8 Å². The van der Waals surface area contributed by atoms with E-state index in [-0.39, 0.29) is 6.03 Å². The third kappa shape index (κ3) is 3.47. The molecule has 0 aliphatic rings. The van der Waals surface area contributed by atoms with Gasteiger partial charge in [0.25, 0.3) is 0 Å². The minimum absolute atomic E-state index is 0.359. The number of carbonyl (C=O) groups excluding carboxylic acids is 1. The van der Waals surface area contributed by atoms with Crippen LogP contribution in [-0.4, -0.2) is 16.8 Å². The van der Waals surface area contributed by atoms with Gasteiger partial charge in [-0.3, -0.25) is 0 Å². The molecule has 2 N–H and O–H groups in total. The van der Waals surface area contributed by atoms with E-state index in [1.165, 1.54) is 0 Å². The second-order valence-corrected chi connectivity index (χ2v) is 4.69. The maximum atomic E-state index is 11.7. The van der Waals surface area contributed by atoms with Crippen LogP contribution in [0.25, 0.3) is 0 Å². The summed E-state index contributed by atoms with van der Waals surface area (Å²) in [5.74, 6) is 0. The van der Waals surface area contributed by atoms with Crippen LogP contribution < -0.4 is 10.7 Å². The van der Waals surface area contributed by atoms with Gasteiger partial charge in [-0.1, -0.05) is 17.7 Å². The highest BCUT2D eigenvalue weighted by molar-refractivity contribution is 5.90. The monoisotopic (exact) mass is 270 g/mol. The Morgan fingerprint density at radius 3 is 2.75 bits per heavy atom. The average Bonchev–Trinajstić information content (AvgIpc) is 2.79. The second-order valence-electron chi connectivity index (χ2n) is 4.69. The zero-order valence-electron chi connectivity index (χ0n) is 11.8. The molecule has 0 aliphatic heterocycles. The SMILES string of the molecule is Cc1ccc(NC(=O)N/N=C/c2cccn2C)c(C)c1. The zero-order chi connectivity index (χ0) is 14.5. The lowest BCUT2D eigenvalue weighted by Gasteiger charge is -2.08. The Morgan fingerprint density at radius 2 is 2.10 bits per heavy atom. The number of urea groups is 1. The topological polar surface area (TPSA) is 58.4 Å². The molecule has 0 saturated carbocycles. The molecule has 0 fully saturated rings. The van der Waals surface area contributed by atoms with Crippen LogP contribution in [0.2, 0.25) is 0 Å². The van der Waals surface area contributed by atoms with Gasteiger partial charge < -0.3 is 9.88 Å². The Morgan fingerprint density at radius 1 is 1.30 bits per heavy atom. The highest BCUT2D eigenvalue weighted by atomic mass is 16.2. The Labute approximate surface area is 118 Å². The summed E-state index contributed by atoms with van der Waals surface area (Å²) < 4.78 is 1.91. The van der Waals surface area contributed by atoms with Gasteiger partial charge in [0.05, 0.1) is 11.9 Å². The molecule has 1 heterocycles. The number of carbonyl (C=O) groups is 1. The van der Waals surface area contributed by atoms with Crippen molar-refractivity contribution in [1.29, 1.82) is 0 Å². The minimum Gasteiger partial charge on any atom is -0.350 e. The Balaban J connectivity index is 1.93. The molecule has 104 valence electrons. The smallest absolute Gasteiger partial charge is 0.339 e. The Hall–Kier alpha value is -2.56. The molecule has 0 bridgehead atoms. The quantitative estimate of drug-likeness (QED) is 0.654. The second kappa shape index (κ2) is 6.06. The molecule has 2 amide bonds. The minimum atomic E-state index is -0.359. The molecule has 0 saturated heterocycles. The first-order valence-electron chi connectivity index (χ1n) is 6.35. The van der Waals surface area contributed by atoms with Crippen molar-refractivity contribution in [2.45, 2.75) is 13.8 Å². The maximum Gasteiger partial charge on any atom is 0.339 e. The fourth-order valence-electron chi connectivity index (χ4n) is 1.87. The summed E-state index contributed by atoms with van der Waals surface area (Å²) in [6.45, 7) is 3.97. The molecule has 0 unspecified atom stereocenters. The number of nitrogens with zero attached hydrogens (tertiary/aromatic N) is 2. The van der Waals surface area contributed by atoms with Crippen molar-refractivity contribution in [3.8, 4) is 0 Å². The van der Waals surface area contributed by atoms with Gasteiger partial charge in [-0.05, 0) is 37.6 Å². The summed E-state index contributed by atoms with van der Waals surface area (Å²) in [6.07, 6.45) is 3.51. The first-order chi connectivity index (χ1) is 9.56. The van der Waals surface area contributed by atoms with E-state index in [1.54, 1.807) is 6.21 Å². The van der Waals surface area contributed by atoms with Crippen molar-refractivity contribution in [2.24, 2.45) is 12.1 Å². The molecule has 0 spiro atoms. The fraction of sp³-hybridized carbons (Fsp3) is 0.200. The number of anilines is 1. The van der Waals surface area contributed by atoms with Crippen LogP contribution in [0.15, 0.2) is 41.6 Å². The summed E-state index contributed by atoms with van der Waals surface area (Å²) in [5.41, 5.74) is 6.32. The largest absolute Gasteiger partial charge is 0.350 e. The van der Waals surface area contributed by atoms with E-state index in [9.17, 15) is 4.79 Å². The van der Waals surface area contributed by atoms with Crippen LogP contribution >= 0.6 is 0 Å². The number of hydrogen-bond acceptors (Lipinski definition) is 2. The van der Waals surface area contributed by atoms with Crippen molar-refractivity contribution in [2.75, 3.05) is 5.32 Å². The molecule has 0 radical (unpaired) electrons. The Kier molecular flexibility index (Phi) is 4.20. The van der Waals surface area contributed by atoms with E-state index in [0.717, 1.165) is 22.5 Å². The number of benzene rings is 1. The molecule has 20 heavy (non-hydrogen) atoms. The van der Waals surface area contributed by atoms with E-state index < -0.39 is 0 Å². The zero-order valence-corrected chi connectivity index (χ0v) is 11.8. The van der Waals surface area contributed by atoms with Crippen LogP contribution in [0.3, 0.4) is 0 Å². The molecular weight excluding hydrogens is 252 g/mol. The van der Waals surface area contributed by atoms with Gasteiger partial charge in [0.15, 0.2) is 0 Å². The van der Waals surface area contributed by atoms with Crippen LogP contribution in [-0.2, 0) is 7.05 Å². The normalized spacial score (nSPS) is 10.8. The highest BCUT2D eigenvalue weighted by Gasteiger charge is 2.03. The summed E-state index contributed by atoms with van der Waals surface area (Å²) >= 11 is 0. The third-order valence-electron chi connectivity index (χ3n) is 2.98. The standard InChI is InChI=1S/C15H18N4O/c1-11-6-7-14(12(2)9-11)17-15(20)18-16-10-13-5-4-8-19(13)3/h4-10H,1-3H3,(H2,17,18,20)/b16-10+. The van der Waals surface area contributed by atoms with Gasteiger partial charge in [0.2, 0.25) is 0 Å². The van der Waals surface area contributed by atoms with Gasteiger partial charge in [0, 0.05) is 18.9 Å². The lowest BCUT2D eigenvalue weighted by molar-refractivity contribution is 0.252. The first-order valence-corrected chi connectivity index (χ1v) is 6.35. The lowest BCUT2D eigenvalue weighted by Crippen LogP contribution is -2.24. The van der Waals surface area contributed by atoms with Crippen molar-refractivity contribution in [3.05, 3.63) is 53.3 Å². The molecule has 5 heteroatoms. The predicted molar refractivity (Wildman–Crippen MR) is 81.1 cm³/mol. The van der Waals surface area contributed by atoms with E-state index in [4.69, 9.17) is 0 Å². The Bertz CT molecular complexity index is 643. The summed E-state index contributed by atoms with van der Waals surface area (Å²) in [5, 5.41) is 6.67. The van der Waals surface area contributed by atoms with Gasteiger partial charge >= 0.3 is 6.03 Å². The van der Waals surface area contributed by atoms with Crippen molar-refractivity contribution in [1.82, 2.24) is 9.99 Å². The highest BCUT2D eigenvalue weighted by Crippen LogP contribution is 2.15. The molecule has 0 atom stereocenters. The summed E-state index contributed by atoms with van der Waals surface area (Å²) in [7, 11) is 1.91. The van der Waals surface area contributed by atoms with Gasteiger partial charge in [-0.25, -0.2) is 10.2 Å². The molecule has 1 aromatic heterocycles. The predicted octanol–water partition coefficient (Wildman–Crippen LogP) is 2.80. The molecular formula is C15H18N4O. The molecule has 2 rings (SSSR count). The van der Waals surface area contributed by atoms with E-state index in [2.05, 4.69) is 15.8 Å². The molecule has 2 aromatic rings. The third-order valence-corrected chi connectivity index (χ3v) is 2.98. The number of nitrogens with one attached hydrogen (secondary N) is 2. The van der Waals surface area contributed by atoms with Crippen LogP contribution in [0.5, 0.6) is 0 Å². The fourth-order valence-corrected chi connectivity index (χ4v) is 1.87. The van der Waals surface area contributed by atoms with Crippen molar-refractivity contribution >= 4 is 17.9 Å². The number of hydrogen-bond donors (Lipinski definition) is 2. The molecule has 1 aromatic carbocycles. The molecule has 0 aliphatic carbocycles. The van der Waals surface area contributed by atoms with Gasteiger partial charge in [0.1, 0.15) is 0 Å². The number of amides is 2. The maximum absolute atomic E-state index is 11.7. The van der Waals surface area contributed by atoms with Gasteiger partial charge in [-0.15, -0.1) is 0 Å². The first kappa shape index (κ1) is 13.9. The number of aromatic nitrogens is 1. The molecule has 5 nitrogen and oxygen atoms in total. The van der Waals surface area contributed by atoms with Gasteiger partial charge in [-0.2, -0.15) is 5.10 Å². The van der Waals surface area contributed by atoms with E-state index in [1.807, 2.05) is 62.0 Å².